The van der Waals surface area contributed by atoms with Gasteiger partial charge in [0.15, 0.2) is 5.78 Å². The third-order valence-electron chi connectivity index (χ3n) is 3.92. The van der Waals surface area contributed by atoms with E-state index in [4.69, 9.17) is 14.5 Å². The van der Waals surface area contributed by atoms with Crippen molar-refractivity contribution in [1.29, 1.82) is 0 Å². The fourth-order valence-corrected chi connectivity index (χ4v) is 2.71. The molecule has 0 amide bonds. The van der Waals surface area contributed by atoms with Crippen LogP contribution in [0.4, 0.5) is 0 Å². The number of benzene rings is 2. The number of Topliss-reactive ketones (excluding diaryl/α,β-unsaturated/α-hetero) is 1. The van der Waals surface area contributed by atoms with Gasteiger partial charge in [0.1, 0.15) is 18.1 Å². The molecule has 0 bridgehead atoms. The average Bonchev–Trinajstić information content (AvgIpc) is 2.87. The lowest BCUT2D eigenvalue weighted by Gasteiger charge is -2.10. The van der Waals surface area contributed by atoms with E-state index in [2.05, 4.69) is 0 Å². The third kappa shape index (κ3) is 2.78. The molecule has 1 aliphatic rings. The van der Waals surface area contributed by atoms with Crippen LogP contribution in [-0.2, 0) is 11.3 Å². The number of hydrogen-bond acceptors (Lipinski definition) is 4. The maximum atomic E-state index is 11.6. The number of rotatable bonds is 4. The van der Waals surface area contributed by atoms with Crippen LogP contribution >= 0.6 is 0 Å². The first kappa shape index (κ1) is 14.8. The average molecular weight is 296 g/mol. The van der Waals surface area contributed by atoms with Crippen LogP contribution in [0.1, 0.15) is 21.5 Å². The Hall–Kier alpha value is -2.11. The fraction of sp³-hybridized carbons (Fsp3) is 0.235. The Bertz CT molecular complexity index is 727. The molecule has 0 saturated carbocycles. The summed E-state index contributed by atoms with van der Waals surface area (Å²) in [4.78, 5) is 11.6. The molecule has 2 aromatic rings. The summed E-state index contributed by atoms with van der Waals surface area (Å²) in [6.45, 7) is 4.12. The topological polar surface area (TPSA) is 55.8 Å². The van der Waals surface area contributed by atoms with Gasteiger partial charge in [-0.1, -0.05) is 12.9 Å². The summed E-state index contributed by atoms with van der Waals surface area (Å²) in [6, 6.07) is 11.2. The van der Waals surface area contributed by atoms with Crippen molar-refractivity contribution in [3.63, 3.8) is 0 Å². The van der Waals surface area contributed by atoms with E-state index in [1.807, 2.05) is 31.9 Å². The zero-order chi connectivity index (χ0) is 15.7. The largest absolute Gasteiger partial charge is 0.457 e. The van der Waals surface area contributed by atoms with Gasteiger partial charge in [-0.05, 0) is 53.8 Å². The lowest BCUT2D eigenvalue weighted by molar-refractivity contribution is 0.0903. The van der Waals surface area contributed by atoms with Gasteiger partial charge in [0.05, 0.1) is 6.61 Å². The molecular formula is C17H17BO4. The van der Waals surface area contributed by atoms with Crippen molar-refractivity contribution >= 4 is 18.2 Å². The number of aliphatic hydroxyl groups excluding tert-OH is 1. The fourth-order valence-electron chi connectivity index (χ4n) is 2.71. The van der Waals surface area contributed by atoms with E-state index in [9.17, 15) is 4.79 Å². The SMILES string of the molecule is CB1OCc2cc(Oc3ccc(C(=O)CO)c(C)c3)ccc21. The van der Waals surface area contributed by atoms with Crippen LogP contribution in [0.2, 0.25) is 6.82 Å². The molecule has 2 aromatic carbocycles. The Labute approximate surface area is 129 Å². The van der Waals surface area contributed by atoms with E-state index in [-0.39, 0.29) is 12.7 Å². The monoisotopic (exact) mass is 296 g/mol. The van der Waals surface area contributed by atoms with Gasteiger partial charge < -0.3 is 14.5 Å². The van der Waals surface area contributed by atoms with Gasteiger partial charge in [-0.3, -0.25) is 4.79 Å². The van der Waals surface area contributed by atoms with Crippen LogP contribution in [0, 0.1) is 6.92 Å². The predicted molar refractivity (Wildman–Crippen MR) is 85.2 cm³/mol. The summed E-state index contributed by atoms with van der Waals surface area (Å²) in [5, 5.41) is 8.94. The smallest absolute Gasteiger partial charge is 0.324 e. The van der Waals surface area contributed by atoms with E-state index in [1.165, 1.54) is 5.46 Å². The third-order valence-corrected chi connectivity index (χ3v) is 3.92. The summed E-state index contributed by atoms with van der Waals surface area (Å²) in [6.07, 6.45) is 0. The number of fused-ring (bicyclic) bond motifs is 1. The van der Waals surface area contributed by atoms with Crippen LogP contribution in [0.15, 0.2) is 36.4 Å². The molecule has 0 saturated heterocycles. The van der Waals surface area contributed by atoms with E-state index in [1.54, 1.807) is 18.2 Å². The van der Waals surface area contributed by atoms with Crippen LogP contribution in [0.5, 0.6) is 11.5 Å². The van der Waals surface area contributed by atoms with Crippen molar-refractivity contribution in [2.24, 2.45) is 0 Å². The van der Waals surface area contributed by atoms with Crippen molar-refractivity contribution < 1.29 is 19.3 Å². The van der Waals surface area contributed by atoms with Gasteiger partial charge in [0.2, 0.25) is 0 Å². The minimum Gasteiger partial charge on any atom is -0.457 e. The molecular weight excluding hydrogens is 279 g/mol. The molecule has 22 heavy (non-hydrogen) atoms. The first-order chi connectivity index (χ1) is 10.6. The van der Waals surface area contributed by atoms with Crippen molar-refractivity contribution in [3.8, 4) is 11.5 Å². The van der Waals surface area contributed by atoms with Crippen molar-refractivity contribution in [3.05, 3.63) is 53.1 Å². The molecule has 0 spiro atoms. The lowest BCUT2D eigenvalue weighted by Crippen LogP contribution is -2.23. The second kappa shape index (κ2) is 5.95. The van der Waals surface area contributed by atoms with Gasteiger partial charge in [0.25, 0.3) is 0 Å². The van der Waals surface area contributed by atoms with Gasteiger partial charge in [-0.2, -0.15) is 0 Å². The summed E-state index contributed by atoms with van der Waals surface area (Å²) >= 11 is 0. The number of aliphatic hydroxyl groups is 1. The minimum absolute atomic E-state index is 0.134. The molecule has 3 rings (SSSR count). The Morgan fingerprint density at radius 1 is 1.27 bits per heavy atom. The molecule has 0 fully saturated rings. The molecule has 1 N–H and O–H groups in total. The number of hydrogen-bond donors (Lipinski definition) is 1. The van der Waals surface area contributed by atoms with Crippen molar-refractivity contribution in [1.82, 2.24) is 0 Å². The van der Waals surface area contributed by atoms with Gasteiger partial charge >= 0.3 is 6.92 Å². The quantitative estimate of drug-likeness (QED) is 0.695. The summed E-state index contributed by atoms with van der Waals surface area (Å²) in [5.41, 5.74) is 3.65. The number of carbonyl (C=O) groups excluding carboxylic acids is 1. The maximum absolute atomic E-state index is 11.6. The molecule has 112 valence electrons. The van der Waals surface area contributed by atoms with E-state index >= 15 is 0 Å². The van der Waals surface area contributed by atoms with Crippen LogP contribution in [-0.4, -0.2) is 24.4 Å². The highest BCUT2D eigenvalue weighted by Gasteiger charge is 2.23. The molecule has 1 aliphatic heterocycles. The number of ether oxygens (including phenoxy) is 1. The van der Waals surface area contributed by atoms with Crippen LogP contribution in [0.25, 0.3) is 0 Å². The Balaban J connectivity index is 1.82. The van der Waals surface area contributed by atoms with Gasteiger partial charge in [-0.25, -0.2) is 0 Å². The number of aryl methyl sites for hydroxylation is 1. The van der Waals surface area contributed by atoms with Crippen LogP contribution in [0.3, 0.4) is 0 Å². The molecule has 1 heterocycles. The Kier molecular flexibility index (Phi) is 4.01. The first-order valence-corrected chi connectivity index (χ1v) is 7.25. The molecule has 0 atom stereocenters. The van der Waals surface area contributed by atoms with Crippen molar-refractivity contribution in [2.75, 3.05) is 6.61 Å². The predicted octanol–water partition coefficient (Wildman–Crippen LogP) is 2.32. The Morgan fingerprint density at radius 3 is 2.73 bits per heavy atom. The van der Waals surface area contributed by atoms with E-state index in [0.717, 1.165) is 16.9 Å². The minimum atomic E-state index is -0.482. The zero-order valence-corrected chi connectivity index (χ0v) is 12.6. The maximum Gasteiger partial charge on any atom is 0.324 e. The Morgan fingerprint density at radius 2 is 2.00 bits per heavy atom. The molecule has 0 radical (unpaired) electrons. The highest BCUT2D eigenvalue weighted by molar-refractivity contribution is 6.67. The summed E-state index contributed by atoms with van der Waals surface area (Å²) < 4.78 is 11.4. The molecule has 5 heteroatoms. The molecule has 0 unspecified atom stereocenters. The summed E-state index contributed by atoms with van der Waals surface area (Å²) in [5.74, 6) is 1.13. The van der Waals surface area contributed by atoms with Gasteiger partial charge in [-0.15, -0.1) is 0 Å². The normalized spacial score (nSPS) is 13.1. The summed E-state index contributed by atoms with van der Waals surface area (Å²) in [7, 11) is 0. The first-order valence-electron chi connectivity index (χ1n) is 7.25. The second-order valence-corrected chi connectivity index (χ2v) is 5.47. The second-order valence-electron chi connectivity index (χ2n) is 5.47. The molecule has 0 aliphatic carbocycles. The van der Waals surface area contributed by atoms with E-state index < -0.39 is 6.61 Å². The highest BCUT2D eigenvalue weighted by atomic mass is 16.5. The molecule has 0 aromatic heterocycles. The molecule has 4 nitrogen and oxygen atoms in total. The van der Waals surface area contributed by atoms with Gasteiger partial charge in [0, 0.05) is 5.56 Å². The van der Waals surface area contributed by atoms with Crippen molar-refractivity contribution in [2.45, 2.75) is 20.4 Å². The standard InChI is InChI=1S/C17H17BO4/c1-11-7-13(3-5-15(11)17(20)9-19)22-14-4-6-16-12(8-14)10-21-18(16)2/h3-8,19H,9-10H2,1-2H3. The number of carbonyl (C=O) groups is 1. The van der Waals surface area contributed by atoms with Crippen LogP contribution < -0.4 is 10.2 Å². The lowest BCUT2D eigenvalue weighted by atomic mass is 9.64. The highest BCUT2D eigenvalue weighted by Crippen LogP contribution is 2.26. The van der Waals surface area contributed by atoms with E-state index in [0.29, 0.717) is 17.9 Å². The zero-order valence-electron chi connectivity index (χ0n) is 12.6. The number of ketones is 1.